The minimum absolute atomic E-state index is 0.00938. The fraction of sp³-hybridized carbons (Fsp3) is 0.750. The van der Waals surface area contributed by atoms with Gasteiger partial charge in [0.2, 0.25) is 0 Å². The molecule has 0 spiro atoms. The molecule has 0 bridgehead atoms. The van der Waals surface area contributed by atoms with E-state index in [9.17, 15) is 8.42 Å². The quantitative estimate of drug-likeness (QED) is 0.864. The van der Waals surface area contributed by atoms with Gasteiger partial charge in [0.25, 0.3) is 10.0 Å². The van der Waals surface area contributed by atoms with Crippen molar-refractivity contribution in [3.05, 3.63) is 12.0 Å². The van der Waals surface area contributed by atoms with Crippen LogP contribution in [0.2, 0.25) is 0 Å². The molecule has 0 radical (unpaired) electrons. The average Bonchev–Trinajstić information content (AvgIpc) is 2.71. The van der Waals surface area contributed by atoms with E-state index in [2.05, 4.69) is 9.71 Å². The van der Waals surface area contributed by atoms with Crippen LogP contribution in [-0.4, -0.2) is 29.4 Å². The lowest BCUT2D eigenvalue weighted by Crippen LogP contribution is -2.59. The van der Waals surface area contributed by atoms with Crippen molar-refractivity contribution in [1.29, 1.82) is 0 Å². The zero-order valence-corrected chi connectivity index (χ0v) is 13.2. The molecule has 7 heteroatoms. The fourth-order valence-corrected chi connectivity index (χ4v) is 3.99. The van der Waals surface area contributed by atoms with Gasteiger partial charge in [-0.15, -0.1) is 11.6 Å². The van der Waals surface area contributed by atoms with Crippen LogP contribution < -0.4 is 4.72 Å². The van der Waals surface area contributed by atoms with E-state index < -0.39 is 10.0 Å². The normalized spacial score (nSPS) is 26.2. The first-order valence-corrected chi connectivity index (χ1v) is 8.30. The molecule has 1 N–H and O–H groups in total. The Morgan fingerprint density at radius 2 is 2.21 bits per heavy atom. The van der Waals surface area contributed by atoms with E-state index in [1.54, 1.807) is 13.1 Å². The number of nitrogens with one attached hydrogen (secondary N) is 1. The summed E-state index contributed by atoms with van der Waals surface area (Å²) in [7, 11) is -3.57. The van der Waals surface area contributed by atoms with Crippen LogP contribution in [-0.2, 0) is 16.6 Å². The summed E-state index contributed by atoms with van der Waals surface area (Å²) in [6.45, 7) is 8.39. The van der Waals surface area contributed by atoms with E-state index in [-0.39, 0.29) is 21.9 Å². The highest BCUT2D eigenvalue weighted by Crippen LogP contribution is 2.44. The Labute approximate surface area is 119 Å². The number of hydrogen-bond acceptors (Lipinski definition) is 3. The van der Waals surface area contributed by atoms with Gasteiger partial charge in [-0.2, -0.15) is 0 Å². The first-order valence-electron chi connectivity index (χ1n) is 6.38. The molecule has 0 amide bonds. The van der Waals surface area contributed by atoms with Crippen molar-refractivity contribution in [2.45, 2.75) is 57.1 Å². The van der Waals surface area contributed by atoms with Crippen LogP contribution >= 0.6 is 11.6 Å². The van der Waals surface area contributed by atoms with Crippen molar-refractivity contribution in [2.24, 2.45) is 5.41 Å². The van der Waals surface area contributed by atoms with Crippen molar-refractivity contribution in [3.8, 4) is 0 Å². The van der Waals surface area contributed by atoms with Gasteiger partial charge < -0.3 is 4.57 Å². The second-order valence-corrected chi connectivity index (χ2v) is 7.80. The van der Waals surface area contributed by atoms with Crippen LogP contribution in [0.3, 0.4) is 0 Å². The van der Waals surface area contributed by atoms with Gasteiger partial charge in [0, 0.05) is 24.2 Å². The lowest BCUT2D eigenvalue weighted by atomic mass is 9.67. The maximum Gasteiger partial charge on any atom is 0.259 e. The maximum absolute atomic E-state index is 12.3. The van der Waals surface area contributed by atoms with E-state index >= 15 is 0 Å². The highest BCUT2D eigenvalue weighted by atomic mass is 35.5. The number of sulfonamides is 1. The van der Waals surface area contributed by atoms with Crippen molar-refractivity contribution in [1.82, 2.24) is 14.3 Å². The standard InChI is InChI=1S/C12H20ClN3O2S/c1-5-16-7-11(14-8(16)2)19(17,18)15-10-6-9(13)12(10,3)4/h7,9-10,15H,5-6H2,1-4H3. The second kappa shape index (κ2) is 4.75. The van der Waals surface area contributed by atoms with Crippen LogP contribution in [0.5, 0.6) is 0 Å². The summed E-state index contributed by atoms with van der Waals surface area (Å²) in [5.74, 6) is 0.700. The SMILES string of the molecule is CCn1cc(S(=O)(=O)NC2CC(Cl)C2(C)C)nc1C. The number of hydrogen-bond donors (Lipinski definition) is 1. The lowest BCUT2D eigenvalue weighted by Gasteiger charge is -2.48. The first-order chi connectivity index (χ1) is 8.68. The van der Waals surface area contributed by atoms with Crippen LogP contribution in [0.25, 0.3) is 0 Å². The molecule has 2 unspecified atom stereocenters. The summed E-state index contributed by atoms with van der Waals surface area (Å²) in [5.41, 5.74) is -0.225. The number of aryl methyl sites for hydroxylation is 2. The van der Waals surface area contributed by atoms with Gasteiger partial charge in [-0.3, -0.25) is 0 Å². The Morgan fingerprint density at radius 1 is 1.58 bits per heavy atom. The number of halogens is 1. The number of aromatic nitrogens is 2. The number of imidazole rings is 1. The van der Waals surface area contributed by atoms with Crippen LogP contribution in [0, 0.1) is 12.3 Å². The fourth-order valence-electron chi connectivity index (χ4n) is 2.25. The van der Waals surface area contributed by atoms with Gasteiger partial charge in [0.15, 0.2) is 5.03 Å². The van der Waals surface area contributed by atoms with Crippen LogP contribution in [0.1, 0.15) is 33.0 Å². The average molecular weight is 306 g/mol. The summed E-state index contributed by atoms with van der Waals surface area (Å²) in [6.07, 6.45) is 2.22. The van der Waals surface area contributed by atoms with Crippen LogP contribution in [0.4, 0.5) is 0 Å². The lowest BCUT2D eigenvalue weighted by molar-refractivity contribution is 0.137. The molecule has 1 aliphatic carbocycles. The second-order valence-electron chi connectivity index (χ2n) is 5.61. The van der Waals surface area contributed by atoms with Gasteiger partial charge in [-0.05, 0) is 25.7 Å². The molecular weight excluding hydrogens is 286 g/mol. The molecule has 1 saturated carbocycles. The van der Waals surface area contributed by atoms with E-state index in [1.807, 2.05) is 25.3 Å². The van der Waals surface area contributed by atoms with E-state index in [0.717, 1.165) is 0 Å². The Morgan fingerprint density at radius 3 is 2.63 bits per heavy atom. The third-order valence-corrected chi connectivity index (χ3v) is 6.10. The molecule has 0 saturated heterocycles. The Balaban J connectivity index is 2.19. The maximum atomic E-state index is 12.3. The molecule has 1 aromatic rings. The molecule has 1 fully saturated rings. The third-order valence-electron chi connectivity index (χ3n) is 4.02. The molecule has 0 aliphatic heterocycles. The number of nitrogens with zero attached hydrogens (tertiary/aromatic N) is 2. The largest absolute Gasteiger partial charge is 0.334 e. The zero-order chi connectivity index (χ0) is 14.4. The summed E-state index contributed by atoms with van der Waals surface area (Å²) >= 11 is 6.11. The molecule has 5 nitrogen and oxygen atoms in total. The number of alkyl halides is 1. The predicted molar refractivity (Wildman–Crippen MR) is 74.8 cm³/mol. The first kappa shape index (κ1) is 14.8. The summed E-state index contributed by atoms with van der Waals surface area (Å²) in [4.78, 5) is 4.11. The van der Waals surface area contributed by atoms with Gasteiger partial charge in [-0.25, -0.2) is 18.1 Å². The number of rotatable bonds is 4. The summed E-state index contributed by atoms with van der Waals surface area (Å²) < 4.78 is 29.1. The van der Waals surface area contributed by atoms with Crippen molar-refractivity contribution >= 4 is 21.6 Å². The highest BCUT2D eigenvalue weighted by molar-refractivity contribution is 7.89. The molecule has 1 aromatic heterocycles. The third kappa shape index (κ3) is 2.53. The van der Waals surface area contributed by atoms with Crippen molar-refractivity contribution < 1.29 is 8.42 Å². The molecule has 1 aliphatic rings. The Bertz CT molecular complexity index is 580. The van der Waals surface area contributed by atoms with Gasteiger partial charge >= 0.3 is 0 Å². The predicted octanol–water partition coefficient (Wildman–Crippen LogP) is 1.90. The van der Waals surface area contributed by atoms with Gasteiger partial charge in [0.05, 0.1) is 0 Å². The van der Waals surface area contributed by atoms with E-state index in [0.29, 0.717) is 18.8 Å². The summed E-state index contributed by atoms with van der Waals surface area (Å²) in [6, 6.07) is -0.132. The molecule has 108 valence electrons. The van der Waals surface area contributed by atoms with E-state index in [1.165, 1.54) is 0 Å². The molecule has 2 atom stereocenters. The minimum atomic E-state index is -3.57. The molecule has 2 rings (SSSR count). The molecule has 0 aromatic carbocycles. The van der Waals surface area contributed by atoms with Crippen LogP contribution in [0.15, 0.2) is 11.2 Å². The topological polar surface area (TPSA) is 64.0 Å². The molecular formula is C12H20ClN3O2S. The van der Waals surface area contributed by atoms with Crippen molar-refractivity contribution in [3.63, 3.8) is 0 Å². The zero-order valence-electron chi connectivity index (χ0n) is 11.6. The monoisotopic (exact) mass is 305 g/mol. The highest BCUT2D eigenvalue weighted by Gasteiger charge is 2.49. The Kier molecular flexibility index (Phi) is 3.70. The molecule has 19 heavy (non-hydrogen) atoms. The van der Waals surface area contributed by atoms with Crippen molar-refractivity contribution in [2.75, 3.05) is 0 Å². The summed E-state index contributed by atoms with van der Waals surface area (Å²) in [5, 5.41) is 0.0933. The van der Waals surface area contributed by atoms with E-state index in [4.69, 9.17) is 11.6 Å². The smallest absolute Gasteiger partial charge is 0.259 e. The minimum Gasteiger partial charge on any atom is -0.334 e. The van der Waals surface area contributed by atoms with Gasteiger partial charge in [-0.1, -0.05) is 13.8 Å². The Hall–Kier alpha value is -0.590. The molecule has 1 heterocycles. The van der Waals surface area contributed by atoms with Gasteiger partial charge in [0.1, 0.15) is 5.82 Å².